The molecular weight excluding hydrogens is 366 g/mol. The third kappa shape index (κ3) is 3.85. The van der Waals surface area contributed by atoms with E-state index in [1.807, 2.05) is 24.0 Å². The molecule has 0 N–H and O–H groups in total. The minimum absolute atomic E-state index is 0.00640. The van der Waals surface area contributed by atoms with Gasteiger partial charge in [0.05, 0.1) is 18.1 Å². The smallest absolute Gasteiger partial charge is 0.320 e. The SMILES string of the molecule is CCOc1ccc(N2C[C@H]3CN(C(=O)N4CCS(=O)(=O)CC4)C[C@H]3C2)cc1. The highest BCUT2D eigenvalue weighted by atomic mass is 32.2. The van der Waals surface area contributed by atoms with Crippen molar-refractivity contribution in [1.29, 1.82) is 0 Å². The lowest BCUT2D eigenvalue weighted by molar-refractivity contribution is 0.163. The van der Waals surface area contributed by atoms with Gasteiger partial charge in [-0.2, -0.15) is 0 Å². The first kappa shape index (κ1) is 18.4. The number of hydrogen-bond acceptors (Lipinski definition) is 5. The van der Waals surface area contributed by atoms with Crippen LogP contribution in [0.4, 0.5) is 10.5 Å². The van der Waals surface area contributed by atoms with Gasteiger partial charge in [0, 0.05) is 56.8 Å². The average Bonchev–Trinajstić information content (AvgIpc) is 3.21. The maximum absolute atomic E-state index is 12.7. The second-order valence-corrected chi connectivity index (χ2v) is 9.98. The molecule has 7 nitrogen and oxygen atoms in total. The molecular formula is C19H27N3O4S. The van der Waals surface area contributed by atoms with Crippen LogP contribution in [0.5, 0.6) is 5.75 Å². The predicted octanol–water partition coefficient (Wildman–Crippen LogP) is 1.30. The van der Waals surface area contributed by atoms with Crippen molar-refractivity contribution in [2.45, 2.75) is 6.92 Å². The summed E-state index contributed by atoms with van der Waals surface area (Å²) in [5.74, 6) is 2.03. The van der Waals surface area contributed by atoms with E-state index in [0.29, 0.717) is 31.5 Å². The highest BCUT2D eigenvalue weighted by molar-refractivity contribution is 7.91. The molecule has 27 heavy (non-hydrogen) atoms. The van der Waals surface area contributed by atoms with Crippen LogP contribution < -0.4 is 9.64 Å². The highest BCUT2D eigenvalue weighted by Gasteiger charge is 2.43. The zero-order valence-electron chi connectivity index (χ0n) is 15.7. The summed E-state index contributed by atoms with van der Waals surface area (Å²) in [6, 6.07) is 8.22. The van der Waals surface area contributed by atoms with Crippen LogP contribution in [0, 0.1) is 11.8 Å². The molecule has 1 aromatic rings. The van der Waals surface area contributed by atoms with Gasteiger partial charge < -0.3 is 19.4 Å². The second-order valence-electron chi connectivity index (χ2n) is 7.68. The van der Waals surface area contributed by atoms with Gasteiger partial charge in [-0.25, -0.2) is 13.2 Å². The number of carbonyl (C=O) groups excluding carboxylic acids is 1. The van der Waals surface area contributed by atoms with Gasteiger partial charge in [-0.3, -0.25) is 0 Å². The van der Waals surface area contributed by atoms with Gasteiger partial charge in [0.15, 0.2) is 9.84 Å². The summed E-state index contributed by atoms with van der Waals surface area (Å²) in [6.07, 6.45) is 0. The Bertz CT molecular complexity index is 768. The summed E-state index contributed by atoms with van der Waals surface area (Å²) in [6.45, 7) is 6.73. The van der Waals surface area contributed by atoms with Crippen molar-refractivity contribution in [2.75, 3.05) is 62.3 Å². The van der Waals surface area contributed by atoms with Gasteiger partial charge >= 0.3 is 6.03 Å². The summed E-state index contributed by atoms with van der Waals surface area (Å²) in [5, 5.41) is 0. The summed E-state index contributed by atoms with van der Waals surface area (Å²) in [5.41, 5.74) is 1.20. The molecule has 3 fully saturated rings. The average molecular weight is 394 g/mol. The third-order valence-corrected chi connectivity index (χ3v) is 7.49. The highest BCUT2D eigenvalue weighted by Crippen LogP contribution is 2.35. The summed E-state index contributed by atoms with van der Waals surface area (Å²) < 4.78 is 28.6. The van der Waals surface area contributed by atoms with Gasteiger partial charge in [-0.15, -0.1) is 0 Å². The first-order chi connectivity index (χ1) is 12.9. The predicted molar refractivity (Wildman–Crippen MR) is 104 cm³/mol. The van der Waals surface area contributed by atoms with Crippen molar-refractivity contribution < 1.29 is 17.9 Å². The van der Waals surface area contributed by atoms with E-state index in [4.69, 9.17) is 4.74 Å². The molecule has 0 aromatic heterocycles. The van der Waals surface area contributed by atoms with E-state index in [9.17, 15) is 13.2 Å². The lowest BCUT2D eigenvalue weighted by atomic mass is 10.0. The molecule has 0 unspecified atom stereocenters. The standard InChI is InChI=1S/C19H27N3O4S/c1-2-26-18-5-3-17(4-6-18)21-11-15-13-22(14-16(15)12-21)19(23)20-7-9-27(24,25)10-8-20/h3-6,15-16H,2,7-14H2,1H3/t15-,16+. The quantitative estimate of drug-likeness (QED) is 0.774. The monoisotopic (exact) mass is 393 g/mol. The van der Waals surface area contributed by atoms with Gasteiger partial charge in [-0.05, 0) is 31.2 Å². The Balaban J connectivity index is 1.32. The molecule has 0 aliphatic carbocycles. The van der Waals surface area contributed by atoms with Crippen molar-refractivity contribution in [2.24, 2.45) is 11.8 Å². The van der Waals surface area contributed by atoms with Gasteiger partial charge in [0.1, 0.15) is 5.75 Å². The zero-order chi connectivity index (χ0) is 19.0. The lowest BCUT2D eigenvalue weighted by Crippen LogP contribution is -2.49. The number of sulfone groups is 1. The van der Waals surface area contributed by atoms with Crippen molar-refractivity contribution in [1.82, 2.24) is 9.80 Å². The fourth-order valence-corrected chi connectivity index (χ4v) is 5.58. The minimum atomic E-state index is -2.96. The number of nitrogens with zero attached hydrogens (tertiary/aromatic N) is 3. The molecule has 2 atom stereocenters. The number of rotatable bonds is 3. The molecule has 1 aromatic carbocycles. The Hall–Kier alpha value is -1.96. The molecule has 8 heteroatoms. The molecule has 3 aliphatic rings. The number of amides is 2. The van der Waals surface area contributed by atoms with Crippen molar-refractivity contribution >= 4 is 21.6 Å². The molecule has 4 rings (SSSR count). The van der Waals surface area contributed by atoms with Crippen LogP contribution in [0.3, 0.4) is 0 Å². The summed E-state index contributed by atoms with van der Waals surface area (Å²) in [4.78, 5) is 18.7. The number of fused-ring (bicyclic) bond motifs is 1. The van der Waals surface area contributed by atoms with E-state index in [0.717, 1.165) is 31.9 Å². The summed E-state index contributed by atoms with van der Waals surface area (Å²) in [7, 11) is -2.96. The number of urea groups is 1. The molecule has 0 saturated carbocycles. The molecule has 2 amide bonds. The molecule has 0 bridgehead atoms. The molecule has 3 aliphatic heterocycles. The first-order valence-electron chi connectivity index (χ1n) is 9.67. The normalized spacial score (nSPS) is 26.9. The Morgan fingerprint density at radius 3 is 2.15 bits per heavy atom. The fourth-order valence-electron chi connectivity index (χ4n) is 4.38. The Morgan fingerprint density at radius 2 is 1.59 bits per heavy atom. The van der Waals surface area contributed by atoms with E-state index >= 15 is 0 Å². The van der Waals surface area contributed by atoms with E-state index in [1.54, 1.807) is 4.90 Å². The van der Waals surface area contributed by atoms with Crippen LogP contribution in [0.1, 0.15) is 6.92 Å². The van der Waals surface area contributed by atoms with Crippen LogP contribution >= 0.6 is 0 Å². The second kappa shape index (κ2) is 7.22. The number of hydrogen-bond donors (Lipinski definition) is 0. The molecule has 0 spiro atoms. The number of carbonyl (C=O) groups is 1. The van der Waals surface area contributed by atoms with Crippen LogP contribution in [0.25, 0.3) is 0 Å². The van der Waals surface area contributed by atoms with Gasteiger partial charge in [0.2, 0.25) is 0 Å². The van der Waals surface area contributed by atoms with Crippen molar-refractivity contribution in [3.05, 3.63) is 24.3 Å². The van der Waals surface area contributed by atoms with Crippen LogP contribution in [-0.4, -0.2) is 81.6 Å². The van der Waals surface area contributed by atoms with Crippen molar-refractivity contribution in [3.8, 4) is 5.75 Å². The summed E-state index contributed by atoms with van der Waals surface area (Å²) >= 11 is 0. The molecule has 3 saturated heterocycles. The maximum atomic E-state index is 12.7. The fraction of sp³-hybridized carbons (Fsp3) is 0.632. The van der Waals surface area contributed by atoms with E-state index in [1.165, 1.54) is 5.69 Å². The van der Waals surface area contributed by atoms with Crippen LogP contribution in [0.2, 0.25) is 0 Å². The molecule has 0 radical (unpaired) electrons. The van der Waals surface area contributed by atoms with Gasteiger partial charge in [-0.1, -0.05) is 0 Å². The molecule has 3 heterocycles. The Kier molecular flexibility index (Phi) is 4.92. The number of ether oxygens (including phenoxy) is 1. The number of benzene rings is 1. The Labute approximate surface area is 160 Å². The van der Waals surface area contributed by atoms with Crippen LogP contribution in [0.15, 0.2) is 24.3 Å². The van der Waals surface area contributed by atoms with Crippen LogP contribution in [-0.2, 0) is 9.84 Å². The third-order valence-electron chi connectivity index (χ3n) is 5.88. The van der Waals surface area contributed by atoms with E-state index < -0.39 is 9.84 Å². The topological polar surface area (TPSA) is 70.2 Å². The van der Waals surface area contributed by atoms with Crippen molar-refractivity contribution in [3.63, 3.8) is 0 Å². The lowest BCUT2D eigenvalue weighted by Gasteiger charge is -2.31. The molecule has 148 valence electrons. The minimum Gasteiger partial charge on any atom is -0.494 e. The Morgan fingerprint density at radius 1 is 1.00 bits per heavy atom. The zero-order valence-corrected chi connectivity index (χ0v) is 16.5. The largest absolute Gasteiger partial charge is 0.494 e. The number of likely N-dealkylation sites (tertiary alicyclic amines) is 1. The van der Waals surface area contributed by atoms with E-state index in [-0.39, 0.29) is 17.5 Å². The van der Waals surface area contributed by atoms with E-state index in [2.05, 4.69) is 17.0 Å². The number of anilines is 1. The first-order valence-corrected chi connectivity index (χ1v) is 11.5. The maximum Gasteiger partial charge on any atom is 0.320 e. The van der Waals surface area contributed by atoms with Gasteiger partial charge in [0.25, 0.3) is 0 Å².